The van der Waals surface area contributed by atoms with E-state index in [1.165, 1.54) is 14.7 Å². The Labute approximate surface area is 135 Å². The third-order valence-corrected chi connectivity index (χ3v) is 4.51. The van der Waals surface area contributed by atoms with E-state index in [1.54, 1.807) is 0 Å². The Kier molecular flexibility index (Phi) is 3.04. The molecular formula is C16H13IN4. The van der Waals surface area contributed by atoms with Gasteiger partial charge in [-0.1, -0.05) is 24.3 Å². The van der Waals surface area contributed by atoms with E-state index in [0.717, 1.165) is 23.1 Å². The van der Waals surface area contributed by atoms with Crippen molar-refractivity contribution in [1.29, 1.82) is 0 Å². The van der Waals surface area contributed by atoms with Gasteiger partial charge in [-0.25, -0.2) is 9.97 Å². The molecule has 1 unspecified atom stereocenters. The summed E-state index contributed by atoms with van der Waals surface area (Å²) in [6.45, 7) is 0.857. The molecular weight excluding hydrogens is 375 g/mol. The van der Waals surface area contributed by atoms with Gasteiger partial charge in [0, 0.05) is 15.5 Å². The van der Waals surface area contributed by atoms with Crippen LogP contribution < -0.4 is 11.1 Å². The van der Waals surface area contributed by atoms with Crippen LogP contribution in [0, 0.1) is 3.57 Å². The molecule has 1 atom stereocenters. The highest BCUT2D eigenvalue weighted by Gasteiger charge is 2.26. The average molecular weight is 388 g/mol. The molecule has 0 amide bonds. The molecule has 0 saturated heterocycles. The fourth-order valence-electron chi connectivity index (χ4n) is 2.91. The van der Waals surface area contributed by atoms with E-state index in [0.29, 0.717) is 5.95 Å². The van der Waals surface area contributed by atoms with Gasteiger partial charge in [0.2, 0.25) is 5.95 Å². The number of benzene rings is 2. The second-order valence-electron chi connectivity index (χ2n) is 5.14. The van der Waals surface area contributed by atoms with Crippen molar-refractivity contribution in [2.75, 3.05) is 5.73 Å². The fraction of sp³-hybridized carbons (Fsp3) is 0.125. The molecule has 0 fully saturated rings. The summed E-state index contributed by atoms with van der Waals surface area (Å²) in [5.41, 5.74) is 10.3. The Hall–Kier alpha value is -1.73. The lowest BCUT2D eigenvalue weighted by atomic mass is 10.00. The van der Waals surface area contributed by atoms with E-state index in [1.807, 2.05) is 12.1 Å². The second kappa shape index (κ2) is 4.92. The Balaban J connectivity index is 1.97. The Morgan fingerprint density at radius 3 is 2.90 bits per heavy atom. The van der Waals surface area contributed by atoms with Gasteiger partial charge in [-0.2, -0.15) is 0 Å². The molecule has 104 valence electrons. The number of anilines is 1. The van der Waals surface area contributed by atoms with Gasteiger partial charge in [-0.15, -0.1) is 0 Å². The van der Waals surface area contributed by atoms with Crippen molar-refractivity contribution in [2.45, 2.75) is 12.6 Å². The molecule has 0 radical (unpaired) electrons. The largest absolute Gasteiger partial charge is 0.368 e. The van der Waals surface area contributed by atoms with Crippen molar-refractivity contribution < 1.29 is 0 Å². The first-order chi connectivity index (χ1) is 10.2. The maximum atomic E-state index is 5.90. The molecule has 4 nitrogen and oxygen atoms in total. The van der Waals surface area contributed by atoms with E-state index in [2.05, 4.69) is 68.2 Å². The van der Waals surface area contributed by atoms with Crippen LogP contribution >= 0.6 is 22.6 Å². The van der Waals surface area contributed by atoms with Crippen molar-refractivity contribution in [3.8, 4) is 0 Å². The van der Waals surface area contributed by atoms with Crippen LogP contribution in [-0.4, -0.2) is 9.97 Å². The molecule has 1 aromatic heterocycles. The van der Waals surface area contributed by atoms with Gasteiger partial charge >= 0.3 is 0 Å². The number of aromatic nitrogens is 2. The molecule has 0 spiro atoms. The van der Waals surface area contributed by atoms with Gasteiger partial charge in [0.05, 0.1) is 17.3 Å². The molecule has 3 aromatic rings. The molecule has 5 heteroatoms. The molecule has 1 aliphatic rings. The minimum Gasteiger partial charge on any atom is -0.368 e. The molecule has 2 heterocycles. The van der Waals surface area contributed by atoms with Crippen molar-refractivity contribution in [3.63, 3.8) is 0 Å². The number of hydrogen-bond donors (Lipinski definition) is 2. The van der Waals surface area contributed by atoms with E-state index in [9.17, 15) is 0 Å². The molecule has 0 aliphatic carbocycles. The number of halogens is 1. The lowest BCUT2D eigenvalue weighted by Crippen LogP contribution is -2.16. The summed E-state index contributed by atoms with van der Waals surface area (Å²) >= 11 is 2.31. The number of nitrogens with two attached hydrogens (primary N) is 1. The van der Waals surface area contributed by atoms with Crippen LogP contribution in [0.15, 0.2) is 42.5 Å². The minimum absolute atomic E-state index is 0.0761. The fourth-order valence-corrected chi connectivity index (χ4v) is 3.40. The molecule has 2 aromatic carbocycles. The smallest absolute Gasteiger partial charge is 0.220 e. The van der Waals surface area contributed by atoms with Crippen LogP contribution in [0.3, 0.4) is 0 Å². The summed E-state index contributed by atoms with van der Waals surface area (Å²) in [6.07, 6.45) is 0. The van der Waals surface area contributed by atoms with E-state index >= 15 is 0 Å². The maximum Gasteiger partial charge on any atom is 0.220 e. The van der Waals surface area contributed by atoms with Crippen molar-refractivity contribution in [2.24, 2.45) is 0 Å². The normalized spacial score (nSPS) is 17.1. The zero-order chi connectivity index (χ0) is 14.4. The Morgan fingerprint density at radius 1 is 1.14 bits per heavy atom. The van der Waals surface area contributed by atoms with Gasteiger partial charge < -0.3 is 11.1 Å². The molecule has 4 rings (SSSR count). The van der Waals surface area contributed by atoms with Crippen LogP contribution in [0.4, 0.5) is 5.95 Å². The first-order valence-corrected chi connectivity index (χ1v) is 7.84. The number of rotatable bonds is 1. The average Bonchev–Trinajstić information content (AvgIpc) is 2.91. The van der Waals surface area contributed by atoms with Gasteiger partial charge in [0.25, 0.3) is 0 Å². The first-order valence-electron chi connectivity index (χ1n) is 6.76. The number of hydrogen-bond acceptors (Lipinski definition) is 4. The maximum absolute atomic E-state index is 5.90. The molecule has 0 bridgehead atoms. The van der Waals surface area contributed by atoms with E-state index in [4.69, 9.17) is 5.73 Å². The van der Waals surface area contributed by atoms with Gasteiger partial charge in [-0.3, -0.25) is 0 Å². The lowest BCUT2D eigenvalue weighted by Gasteiger charge is -2.15. The standard InChI is InChI=1S/C16H13IN4/c17-10-5-6-13-12(7-10)15(21-16(18)20-13)14-11-4-2-1-3-9(11)8-19-14/h1-7,14,19H,8H2,(H2,18,20,21). The molecule has 0 saturated carbocycles. The predicted octanol–water partition coefficient (Wildman–Crippen LogP) is 3.01. The van der Waals surface area contributed by atoms with Crippen molar-refractivity contribution >= 4 is 39.4 Å². The van der Waals surface area contributed by atoms with Crippen LogP contribution in [0.2, 0.25) is 0 Å². The number of nitrogens with zero attached hydrogens (tertiary/aromatic N) is 2. The van der Waals surface area contributed by atoms with Crippen molar-refractivity contribution in [1.82, 2.24) is 15.3 Å². The summed E-state index contributed by atoms with van der Waals surface area (Å²) in [7, 11) is 0. The highest BCUT2D eigenvalue weighted by atomic mass is 127. The van der Waals surface area contributed by atoms with Crippen molar-refractivity contribution in [3.05, 3.63) is 62.9 Å². The second-order valence-corrected chi connectivity index (χ2v) is 6.39. The number of nitrogen functional groups attached to an aromatic ring is 1. The zero-order valence-electron chi connectivity index (χ0n) is 11.2. The quantitative estimate of drug-likeness (QED) is 0.630. The van der Waals surface area contributed by atoms with Gasteiger partial charge in [0.15, 0.2) is 0 Å². The SMILES string of the molecule is Nc1nc(C2NCc3ccccc32)c2cc(I)ccc2n1. The van der Waals surface area contributed by atoms with E-state index in [-0.39, 0.29) is 6.04 Å². The van der Waals surface area contributed by atoms with Crippen LogP contribution in [0.25, 0.3) is 10.9 Å². The number of fused-ring (bicyclic) bond motifs is 2. The van der Waals surface area contributed by atoms with Crippen LogP contribution in [0.5, 0.6) is 0 Å². The zero-order valence-corrected chi connectivity index (χ0v) is 13.3. The minimum atomic E-state index is 0.0761. The predicted molar refractivity (Wildman–Crippen MR) is 91.8 cm³/mol. The third kappa shape index (κ3) is 2.16. The topological polar surface area (TPSA) is 63.8 Å². The highest BCUT2D eigenvalue weighted by Crippen LogP contribution is 2.33. The summed E-state index contributed by atoms with van der Waals surface area (Å²) in [4.78, 5) is 8.86. The van der Waals surface area contributed by atoms with Gasteiger partial charge in [-0.05, 0) is 51.9 Å². The summed E-state index contributed by atoms with van der Waals surface area (Å²) in [5.74, 6) is 0.324. The highest BCUT2D eigenvalue weighted by molar-refractivity contribution is 14.1. The molecule has 21 heavy (non-hydrogen) atoms. The van der Waals surface area contributed by atoms with Crippen LogP contribution in [0.1, 0.15) is 22.9 Å². The van der Waals surface area contributed by atoms with E-state index < -0.39 is 0 Å². The molecule has 1 aliphatic heterocycles. The summed E-state index contributed by atoms with van der Waals surface area (Å²) in [5, 5.41) is 4.59. The monoisotopic (exact) mass is 388 g/mol. The third-order valence-electron chi connectivity index (χ3n) is 3.84. The van der Waals surface area contributed by atoms with Gasteiger partial charge in [0.1, 0.15) is 0 Å². The van der Waals surface area contributed by atoms with Crippen LogP contribution in [-0.2, 0) is 6.54 Å². The number of nitrogens with one attached hydrogen (secondary N) is 1. The Bertz CT molecular complexity index is 847. The lowest BCUT2D eigenvalue weighted by molar-refractivity contribution is 0.655. The first kappa shape index (κ1) is 13.0. The summed E-state index contributed by atoms with van der Waals surface area (Å²) in [6, 6.07) is 14.7. The summed E-state index contributed by atoms with van der Waals surface area (Å²) < 4.78 is 1.17. The molecule has 3 N–H and O–H groups in total. The Morgan fingerprint density at radius 2 is 2.00 bits per heavy atom.